The van der Waals surface area contributed by atoms with Gasteiger partial charge in [-0.15, -0.1) is 0 Å². The van der Waals surface area contributed by atoms with Crippen LogP contribution in [0.4, 0.5) is 10.8 Å². The molecule has 0 unspecified atom stereocenters. The van der Waals surface area contributed by atoms with Crippen molar-refractivity contribution in [3.05, 3.63) is 48.0 Å². The molecule has 0 saturated carbocycles. The molecule has 1 fully saturated rings. The summed E-state index contributed by atoms with van der Waals surface area (Å²) in [6.07, 6.45) is 0.956. The number of nitrogens with zero attached hydrogens (tertiary/aromatic N) is 3. The van der Waals surface area contributed by atoms with Gasteiger partial charge in [-0.2, -0.15) is 0 Å². The zero-order valence-corrected chi connectivity index (χ0v) is 15.3. The molecule has 3 aromatic rings. The van der Waals surface area contributed by atoms with E-state index in [1.54, 1.807) is 18.4 Å². The van der Waals surface area contributed by atoms with Crippen LogP contribution in [0.3, 0.4) is 0 Å². The van der Waals surface area contributed by atoms with Crippen molar-refractivity contribution in [2.24, 2.45) is 5.92 Å². The van der Waals surface area contributed by atoms with E-state index >= 15 is 0 Å². The molecular formula is C20H19N3O2S. The van der Waals surface area contributed by atoms with Gasteiger partial charge in [0.1, 0.15) is 5.75 Å². The van der Waals surface area contributed by atoms with Crippen LogP contribution >= 0.6 is 11.3 Å². The lowest BCUT2D eigenvalue weighted by Crippen LogP contribution is -2.54. The molecule has 1 saturated heterocycles. The first-order valence-electron chi connectivity index (χ1n) is 8.82. The van der Waals surface area contributed by atoms with Crippen molar-refractivity contribution >= 4 is 38.3 Å². The molecule has 1 aromatic heterocycles. The third kappa shape index (κ3) is 2.44. The Morgan fingerprint density at radius 1 is 1.23 bits per heavy atom. The number of aromatic nitrogens is 1. The van der Waals surface area contributed by atoms with Crippen molar-refractivity contribution in [2.75, 3.05) is 36.5 Å². The van der Waals surface area contributed by atoms with E-state index in [0.29, 0.717) is 0 Å². The van der Waals surface area contributed by atoms with E-state index in [1.165, 1.54) is 5.56 Å². The van der Waals surface area contributed by atoms with Crippen molar-refractivity contribution < 1.29 is 9.53 Å². The topological polar surface area (TPSA) is 45.7 Å². The number of hydrogen-bond donors (Lipinski definition) is 0. The molecule has 5 rings (SSSR count). The van der Waals surface area contributed by atoms with E-state index in [2.05, 4.69) is 17.0 Å². The summed E-state index contributed by atoms with van der Waals surface area (Å²) < 4.78 is 6.41. The van der Waals surface area contributed by atoms with Crippen LogP contribution in [-0.4, -0.2) is 37.6 Å². The van der Waals surface area contributed by atoms with Gasteiger partial charge in [-0.05, 0) is 30.2 Å². The molecule has 0 spiro atoms. The summed E-state index contributed by atoms with van der Waals surface area (Å²) in [5.41, 5.74) is 3.31. The van der Waals surface area contributed by atoms with Gasteiger partial charge in [-0.1, -0.05) is 29.5 Å². The van der Waals surface area contributed by atoms with E-state index in [-0.39, 0.29) is 11.8 Å². The molecule has 2 aliphatic rings. The molecule has 3 heterocycles. The molecule has 0 N–H and O–H groups in total. The van der Waals surface area contributed by atoms with Crippen LogP contribution in [0.2, 0.25) is 0 Å². The van der Waals surface area contributed by atoms with Crippen LogP contribution in [-0.2, 0) is 11.2 Å². The summed E-state index contributed by atoms with van der Waals surface area (Å²) in [4.78, 5) is 21.8. The molecule has 0 radical (unpaired) electrons. The number of methoxy groups -OCH3 is 1. The first-order valence-corrected chi connectivity index (χ1v) is 9.63. The number of ether oxygens (including phenoxy) is 1. The van der Waals surface area contributed by atoms with E-state index in [0.717, 1.165) is 52.8 Å². The summed E-state index contributed by atoms with van der Waals surface area (Å²) in [5, 5.41) is 0.985. The zero-order valence-electron chi connectivity index (χ0n) is 14.5. The van der Waals surface area contributed by atoms with Crippen LogP contribution in [0.1, 0.15) is 5.56 Å². The minimum Gasteiger partial charge on any atom is -0.497 e. The molecule has 132 valence electrons. The predicted octanol–water partition coefficient (Wildman–Crippen LogP) is 3.33. The quantitative estimate of drug-likeness (QED) is 0.714. The lowest BCUT2D eigenvalue weighted by Gasteiger charge is -2.39. The maximum atomic E-state index is 12.9. The molecule has 2 aromatic carbocycles. The van der Waals surface area contributed by atoms with Crippen LogP contribution in [0.5, 0.6) is 5.75 Å². The Morgan fingerprint density at radius 3 is 2.92 bits per heavy atom. The third-order valence-electron chi connectivity index (χ3n) is 5.24. The lowest BCUT2D eigenvalue weighted by atomic mass is 9.99. The Labute approximate surface area is 155 Å². The number of carbonyl (C=O) groups is 1. The number of para-hydroxylation sites is 1. The minimum absolute atomic E-state index is 0.0581. The van der Waals surface area contributed by atoms with Gasteiger partial charge >= 0.3 is 0 Å². The van der Waals surface area contributed by atoms with Crippen LogP contribution < -0.4 is 14.5 Å². The molecule has 1 amide bonds. The summed E-state index contributed by atoms with van der Waals surface area (Å²) in [7, 11) is 1.66. The largest absolute Gasteiger partial charge is 0.497 e. The number of benzene rings is 2. The van der Waals surface area contributed by atoms with Gasteiger partial charge in [-0.3, -0.25) is 4.79 Å². The highest BCUT2D eigenvalue weighted by atomic mass is 32.1. The average molecular weight is 365 g/mol. The minimum atomic E-state index is 0.0581. The first-order chi connectivity index (χ1) is 12.7. The second-order valence-electron chi connectivity index (χ2n) is 6.80. The maximum Gasteiger partial charge on any atom is 0.233 e. The molecule has 26 heavy (non-hydrogen) atoms. The van der Waals surface area contributed by atoms with Gasteiger partial charge in [0.05, 0.1) is 23.2 Å². The van der Waals surface area contributed by atoms with Gasteiger partial charge < -0.3 is 14.5 Å². The second kappa shape index (κ2) is 5.99. The van der Waals surface area contributed by atoms with Crippen LogP contribution in [0, 0.1) is 5.92 Å². The van der Waals surface area contributed by atoms with Gasteiger partial charge in [0.25, 0.3) is 0 Å². The zero-order chi connectivity index (χ0) is 17.7. The van der Waals surface area contributed by atoms with Gasteiger partial charge in [-0.25, -0.2) is 4.98 Å². The highest BCUT2D eigenvalue weighted by molar-refractivity contribution is 7.22. The number of rotatable bonds is 3. The standard InChI is InChI=1S/C20H19N3O2S/c1-25-15-6-7-18-16(10-15)21-20(26-18)22-11-14(12-22)19(24)23-9-8-13-4-2-3-5-17(13)23/h2-7,10,14H,8-9,11-12H2,1H3. The predicted molar refractivity (Wildman–Crippen MR) is 104 cm³/mol. The molecule has 0 aliphatic carbocycles. The van der Waals surface area contributed by atoms with Crippen molar-refractivity contribution in [1.82, 2.24) is 4.98 Å². The summed E-state index contributed by atoms with van der Waals surface area (Å²) >= 11 is 1.67. The monoisotopic (exact) mass is 365 g/mol. The highest BCUT2D eigenvalue weighted by Gasteiger charge is 2.38. The van der Waals surface area contributed by atoms with Crippen molar-refractivity contribution in [2.45, 2.75) is 6.42 Å². The van der Waals surface area contributed by atoms with Crippen molar-refractivity contribution in [3.63, 3.8) is 0 Å². The first kappa shape index (κ1) is 15.6. The number of hydrogen-bond acceptors (Lipinski definition) is 5. The number of anilines is 2. The van der Waals surface area contributed by atoms with Gasteiger partial charge in [0.15, 0.2) is 5.13 Å². The van der Waals surface area contributed by atoms with E-state index in [9.17, 15) is 4.79 Å². The number of carbonyl (C=O) groups excluding carboxylic acids is 1. The summed E-state index contributed by atoms with van der Waals surface area (Å²) in [6, 6.07) is 14.2. The Kier molecular flexibility index (Phi) is 3.60. The van der Waals surface area contributed by atoms with E-state index in [4.69, 9.17) is 9.72 Å². The van der Waals surface area contributed by atoms with E-state index in [1.807, 2.05) is 35.2 Å². The summed E-state index contributed by atoms with van der Waals surface area (Å²) in [6.45, 7) is 2.29. The fourth-order valence-corrected chi connectivity index (χ4v) is 4.70. The molecule has 2 aliphatic heterocycles. The number of fused-ring (bicyclic) bond motifs is 2. The molecule has 0 atom stereocenters. The summed E-state index contributed by atoms with van der Waals surface area (Å²) in [5.74, 6) is 1.12. The molecule has 0 bridgehead atoms. The smallest absolute Gasteiger partial charge is 0.233 e. The molecule has 5 nitrogen and oxygen atoms in total. The Bertz CT molecular complexity index is 994. The highest BCUT2D eigenvalue weighted by Crippen LogP contribution is 2.36. The average Bonchev–Trinajstić information content (AvgIpc) is 3.23. The maximum absolute atomic E-state index is 12.9. The van der Waals surface area contributed by atoms with Crippen molar-refractivity contribution in [1.29, 1.82) is 0 Å². The van der Waals surface area contributed by atoms with Crippen LogP contribution in [0.15, 0.2) is 42.5 Å². The lowest BCUT2D eigenvalue weighted by molar-refractivity contribution is -0.123. The molecule has 6 heteroatoms. The SMILES string of the molecule is COc1ccc2sc(N3CC(C(=O)N4CCc5ccccc54)C3)nc2c1. The van der Waals surface area contributed by atoms with Crippen molar-refractivity contribution in [3.8, 4) is 5.75 Å². The normalized spacial score (nSPS) is 16.7. The molecular weight excluding hydrogens is 346 g/mol. The Hall–Kier alpha value is -2.60. The second-order valence-corrected chi connectivity index (χ2v) is 7.81. The van der Waals surface area contributed by atoms with Gasteiger partial charge in [0, 0.05) is 31.4 Å². The Morgan fingerprint density at radius 2 is 2.08 bits per heavy atom. The Balaban J connectivity index is 1.29. The number of thiazole rings is 1. The van der Waals surface area contributed by atoms with Gasteiger partial charge in [0.2, 0.25) is 5.91 Å². The fourth-order valence-electron chi connectivity index (χ4n) is 3.74. The fraction of sp³-hybridized carbons (Fsp3) is 0.300. The van der Waals surface area contributed by atoms with Crippen LogP contribution in [0.25, 0.3) is 10.2 Å². The third-order valence-corrected chi connectivity index (χ3v) is 6.34. The number of amides is 1. The van der Waals surface area contributed by atoms with E-state index < -0.39 is 0 Å².